The fourth-order valence-corrected chi connectivity index (χ4v) is 2.57. The number of hydrogen-bond acceptors (Lipinski definition) is 5. The van der Waals surface area contributed by atoms with Gasteiger partial charge in [0.25, 0.3) is 0 Å². The zero-order valence-electron chi connectivity index (χ0n) is 10.7. The van der Waals surface area contributed by atoms with E-state index in [1.54, 1.807) is 11.8 Å². The second-order valence-corrected chi connectivity index (χ2v) is 4.96. The van der Waals surface area contributed by atoms with Crippen molar-refractivity contribution in [2.24, 2.45) is 17.9 Å². The molecular formula is C12H15N5OS. The van der Waals surface area contributed by atoms with Crippen molar-refractivity contribution in [1.82, 2.24) is 14.8 Å². The number of thioether (sulfide) groups is 1. The molecule has 0 fully saturated rings. The van der Waals surface area contributed by atoms with Gasteiger partial charge in [0.05, 0.1) is 0 Å². The molecular weight excluding hydrogens is 262 g/mol. The Morgan fingerprint density at radius 3 is 2.79 bits per heavy atom. The number of nitrogens with two attached hydrogens (primary N) is 1. The third-order valence-corrected chi connectivity index (χ3v) is 3.88. The van der Waals surface area contributed by atoms with Crippen LogP contribution in [0, 0.1) is 6.92 Å². The van der Waals surface area contributed by atoms with Gasteiger partial charge in [-0.25, -0.2) is 0 Å². The van der Waals surface area contributed by atoms with Crippen LogP contribution in [0.15, 0.2) is 34.6 Å². The fourth-order valence-electron chi connectivity index (χ4n) is 1.61. The Kier molecular flexibility index (Phi) is 4.06. The van der Waals surface area contributed by atoms with Crippen molar-refractivity contribution in [3.05, 3.63) is 41.2 Å². The predicted octanol–water partition coefficient (Wildman–Crippen LogP) is 1.51. The highest BCUT2D eigenvalue weighted by Gasteiger charge is 2.10. The maximum absolute atomic E-state index is 8.78. The minimum absolute atomic E-state index is 0.116. The first-order chi connectivity index (χ1) is 9.13. The highest BCUT2D eigenvalue weighted by atomic mass is 32.2. The van der Waals surface area contributed by atoms with E-state index in [9.17, 15) is 0 Å². The Labute approximate surface area is 115 Å². The van der Waals surface area contributed by atoms with Gasteiger partial charge < -0.3 is 15.5 Å². The second kappa shape index (κ2) is 5.75. The van der Waals surface area contributed by atoms with Gasteiger partial charge in [0, 0.05) is 18.4 Å². The summed E-state index contributed by atoms with van der Waals surface area (Å²) in [6.07, 6.45) is 0. The number of rotatable bonds is 4. The fraction of sp³-hybridized carbons (Fsp3) is 0.250. The van der Waals surface area contributed by atoms with Crippen LogP contribution in [0.4, 0.5) is 0 Å². The number of aromatic nitrogens is 3. The van der Waals surface area contributed by atoms with Crippen LogP contribution in [-0.4, -0.2) is 25.8 Å². The van der Waals surface area contributed by atoms with E-state index in [0.717, 1.165) is 22.1 Å². The van der Waals surface area contributed by atoms with E-state index in [-0.39, 0.29) is 5.84 Å². The van der Waals surface area contributed by atoms with Crippen molar-refractivity contribution in [3.63, 3.8) is 0 Å². The molecule has 0 saturated heterocycles. The summed E-state index contributed by atoms with van der Waals surface area (Å²) < 4.78 is 1.93. The smallest absolute Gasteiger partial charge is 0.191 e. The molecule has 1 heterocycles. The molecule has 100 valence electrons. The van der Waals surface area contributed by atoms with Crippen LogP contribution in [-0.2, 0) is 12.8 Å². The van der Waals surface area contributed by atoms with Crippen LogP contribution in [0.25, 0.3) is 0 Å². The first kappa shape index (κ1) is 13.4. The molecule has 2 aromatic rings. The predicted molar refractivity (Wildman–Crippen MR) is 74.3 cm³/mol. The monoisotopic (exact) mass is 277 g/mol. The lowest BCUT2D eigenvalue weighted by Crippen LogP contribution is -2.15. The van der Waals surface area contributed by atoms with Gasteiger partial charge in [-0.15, -0.1) is 10.2 Å². The quantitative estimate of drug-likeness (QED) is 0.291. The molecule has 0 aliphatic rings. The summed E-state index contributed by atoms with van der Waals surface area (Å²) in [5.74, 6) is 1.66. The maximum atomic E-state index is 8.78. The van der Waals surface area contributed by atoms with Crippen molar-refractivity contribution in [1.29, 1.82) is 0 Å². The van der Waals surface area contributed by atoms with Crippen LogP contribution < -0.4 is 5.73 Å². The Hall–Kier alpha value is -2.02. The highest BCUT2D eigenvalue weighted by Crippen LogP contribution is 2.22. The van der Waals surface area contributed by atoms with Gasteiger partial charge in [-0.2, -0.15) is 0 Å². The number of amidine groups is 1. The molecule has 2 rings (SSSR count). The lowest BCUT2D eigenvalue weighted by Gasteiger charge is -2.07. The van der Waals surface area contributed by atoms with E-state index in [4.69, 9.17) is 10.9 Å². The standard InChI is InChI=1S/C12H15N5OS/c1-8-14-15-12(17(8)2)19-7-9-5-3-4-6-10(9)11(13)16-18/h3-6,18H,7H2,1-2H3,(H2,13,16). The van der Waals surface area contributed by atoms with Crippen molar-refractivity contribution in [3.8, 4) is 0 Å². The van der Waals surface area contributed by atoms with Gasteiger partial charge in [0.2, 0.25) is 0 Å². The van der Waals surface area contributed by atoms with Crippen LogP contribution in [0.3, 0.4) is 0 Å². The van der Waals surface area contributed by atoms with Gasteiger partial charge in [-0.05, 0) is 12.5 Å². The van der Waals surface area contributed by atoms with Crippen molar-refractivity contribution in [2.75, 3.05) is 0 Å². The third kappa shape index (κ3) is 2.87. The molecule has 19 heavy (non-hydrogen) atoms. The van der Waals surface area contributed by atoms with Crippen LogP contribution in [0.1, 0.15) is 17.0 Å². The van der Waals surface area contributed by atoms with E-state index in [0.29, 0.717) is 5.75 Å². The lowest BCUT2D eigenvalue weighted by molar-refractivity contribution is 0.318. The average Bonchev–Trinajstić information content (AvgIpc) is 2.76. The molecule has 0 saturated carbocycles. The van der Waals surface area contributed by atoms with Gasteiger partial charge in [-0.3, -0.25) is 0 Å². The summed E-state index contributed by atoms with van der Waals surface area (Å²) >= 11 is 1.56. The zero-order valence-corrected chi connectivity index (χ0v) is 11.6. The van der Waals surface area contributed by atoms with Gasteiger partial charge in [-0.1, -0.05) is 41.2 Å². The molecule has 0 radical (unpaired) electrons. The molecule has 0 unspecified atom stereocenters. The molecule has 6 nitrogen and oxygen atoms in total. The largest absolute Gasteiger partial charge is 0.409 e. The van der Waals surface area contributed by atoms with Crippen molar-refractivity contribution >= 4 is 17.6 Å². The minimum Gasteiger partial charge on any atom is -0.409 e. The molecule has 0 atom stereocenters. The molecule has 0 bridgehead atoms. The average molecular weight is 277 g/mol. The summed E-state index contributed by atoms with van der Waals surface area (Å²) in [7, 11) is 1.92. The van der Waals surface area contributed by atoms with E-state index in [1.165, 1.54) is 0 Å². The minimum atomic E-state index is 0.116. The molecule has 0 aliphatic carbocycles. The van der Waals surface area contributed by atoms with Crippen LogP contribution in [0.2, 0.25) is 0 Å². The Morgan fingerprint density at radius 1 is 1.42 bits per heavy atom. The van der Waals surface area contributed by atoms with Gasteiger partial charge >= 0.3 is 0 Å². The first-order valence-corrected chi connectivity index (χ1v) is 6.66. The Morgan fingerprint density at radius 2 is 2.16 bits per heavy atom. The van der Waals surface area contributed by atoms with Gasteiger partial charge in [0.1, 0.15) is 5.82 Å². The van der Waals surface area contributed by atoms with E-state index in [2.05, 4.69) is 15.4 Å². The molecule has 1 aromatic heterocycles. The topological polar surface area (TPSA) is 89.3 Å². The van der Waals surface area contributed by atoms with Crippen LogP contribution >= 0.6 is 11.8 Å². The molecule has 0 spiro atoms. The molecule has 0 aliphatic heterocycles. The summed E-state index contributed by atoms with van der Waals surface area (Å²) in [4.78, 5) is 0. The number of benzene rings is 1. The summed E-state index contributed by atoms with van der Waals surface area (Å²) in [6, 6.07) is 7.55. The van der Waals surface area contributed by atoms with E-state index < -0.39 is 0 Å². The van der Waals surface area contributed by atoms with Crippen molar-refractivity contribution in [2.45, 2.75) is 17.8 Å². The number of oxime groups is 1. The number of hydrogen-bond donors (Lipinski definition) is 2. The maximum Gasteiger partial charge on any atom is 0.191 e. The third-order valence-electron chi connectivity index (χ3n) is 2.81. The molecule has 3 N–H and O–H groups in total. The summed E-state index contributed by atoms with van der Waals surface area (Å²) in [6.45, 7) is 1.90. The first-order valence-electron chi connectivity index (χ1n) is 5.68. The Bertz CT molecular complexity index is 608. The SMILES string of the molecule is Cc1nnc(SCc2ccccc2/C(N)=N/O)n1C. The normalized spacial score (nSPS) is 11.8. The second-order valence-electron chi connectivity index (χ2n) is 4.02. The zero-order chi connectivity index (χ0) is 13.8. The van der Waals surface area contributed by atoms with Gasteiger partial charge in [0.15, 0.2) is 11.0 Å². The summed E-state index contributed by atoms with van der Waals surface area (Å²) in [5.41, 5.74) is 7.38. The lowest BCUT2D eigenvalue weighted by atomic mass is 10.1. The molecule has 0 amide bonds. The number of nitrogens with zero attached hydrogens (tertiary/aromatic N) is 4. The highest BCUT2D eigenvalue weighted by molar-refractivity contribution is 7.98. The van der Waals surface area contributed by atoms with Crippen LogP contribution in [0.5, 0.6) is 0 Å². The molecule has 7 heteroatoms. The molecule has 1 aromatic carbocycles. The summed E-state index contributed by atoms with van der Waals surface area (Å²) in [5, 5.41) is 20.8. The van der Waals surface area contributed by atoms with E-state index in [1.807, 2.05) is 42.8 Å². The van der Waals surface area contributed by atoms with Crippen molar-refractivity contribution < 1.29 is 5.21 Å². The Balaban J connectivity index is 2.18. The van der Waals surface area contributed by atoms with E-state index >= 15 is 0 Å². The number of aryl methyl sites for hydroxylation is 1.